The first-order valence-corrected chi connectivity index (χ1v) is 5.41. The molecule has 0 aliphatic carbocycles. The highest BCUT2D eigenvalue weighted by Crippen LogP contribution is 2.06. The number of hydrogen-bond donors (Lipinski definition) is 3. The third-order valence-electron chi connectivity index (χ3n) is 2.06. The molecule has 0 aromatic carbocycles. The molecule has 16 heavy (non-hydrogen) atoms. The van der Waals surface area contributed by atoms with E-state index in [4.69, 9.17) is 4.74 Å². The van der Waals surface area contributed by atoms with Crippen molar-refractivity contribution in [1.82, 2.24) is 16.2 Å². The predicted molar refractivity (Wildman–Crippen MR) is 58.5 cm³/mol. The molecule has 0 bridgehead atoms. The van der Waals surface area contributed by atoms with Crippen LogP contribution in [0.15, 0.2) is 0 Å². The van der Waals surface area contributed by atoms with Crippen LogP contribution in [0.25, 0.3) is 0 Å². The Kier molecular flexibility index (Phi) is 4.12. The molecule has 1 aliphatic rings. The van der Waals surface area contributed by atoms with Crippen molar-refractivity contribution >= 4 is 12.0 Å². The quantitative estimate of drug-likeness (QED) is 0.565. The van der Waals surface area contributed by atoms with E-state index in [0.717, 1.165) is 19.4 Å². The molecule has 1 rings (SSSR count). The molecule has 0 spiro atoms. The molecule has 6 heteroatoms. The number of carbonyl (C=O) groups is 2. The Bertz CT molecular complexity index is 267. The average molecular weight is 229 g/mol. The van der Waals surface area contributed by atoms with Crippen LogP contribution in [0.5, 0.6) is 0 Å². The first kappa shape index (κ1) is 12.8. The van der Waals surface area contributed by atoms with Gasteiger partial charge in [-0.05, 0) is 40.2 Å². The maximum Gasteiger partial charge on any atom is 0.426 e. The van der Waals surface area contributed by atoms with Gasteiger partial charge in [-0.2, -0.15) is 0 Å². The van der Waals surface area contributed by atoms with E-state index in [1.54, 1.807) is 20.8 Å². The van der Waals surface area contributed by atoms with Gasteiger partial charge in [0.2, 0.25) is 0 Å². The van der Waals surface area contributed by atoms with Crippen LogP contribution in [0.2, 0.25) is 0 Å². The molecular weight excluding hydrogens is 210 g/mol. The standard InChI is InChI=1S/C10H19N3O3/c1-10(2,3)16-9(15)13-12-8(14)7-5-4-6-11-7/h7,11H,4-6H2,1-3H3,(H,12,14)(H,13,15). The molecular formula is C10H19N3O3. The molecule has 1 fully saturated rings. The van der Waals surface area contributed by atoms with Gasteiger partial charge in [0.1, 0.15) is 5.60 Å². The number of hydrogen-bond acceptors (Lipinski definition) is 4. The van der Waals surface area contributed by atoms with Crippen molar-refractivity contribution in [3.8, 4) is 0 Å². The molecule has 1 unspecified atom stereocenters. The van der Waals surface area contributed by atoms with Gasteiger partial charge in [0.05, 0.1) is 6.04 Å². The molecule has 92 valence electrons. The Hall–Kier alpha value is -1.30. The van der Waals surface area contributed by atoms with Crippen molar-refractivity contribution < 1.29 is 14.3 Å². The van der Waals surface area contributed by atoms with E-state index in [9.17, 15) is 9.59 Å². The third kappa shape index (κ3) is 4.48. The Morgan fingerprint density at radius 2 is 2.00 bits per heavy atom. The topological polar surface area (TPSA) is 79.5 Å². The minimum atomic E-state index is -0.654. The Morgan fingerprint density at radius 3 is 2.50 bits per heavy atom. The number of carbonyl (C=O) groups excluding carboxylic acids is 2. The van der Waals surface area contributed by atoms with Crippen LogP contribution < -0.4 is 16.2 Å². The van der Waals surface area contributed by atoms with Gasteiger partial charge in [0.15, 0.2) is 0 Å². The summed E-state index contributed by atoms with van der Waals surface area (Å²) in [6.45, 7) is 6.11. The van der Waals surface area contributed by atoms with Crippen molar-refractivity contribution in [2.45, 2.75) is 45.3 Å². The Labute approximate surface area is 95.1 Å². The smallest absolute Gasteiger partial charge is 0.426 e. The van der Waals surface area contributed by atoms with Gasteiger partial charge in [0.25, 0.3) is 5.91 Å². The monoisotopic (exact) mass is 229 g/mol. The van der Waals surface area contributed by atoms with Crippen LogP contribution in [0.4, 0.5) is 4.79 Å². The van der Waals surface area contributed by atoms with Crippen LogP contribution >= 0.6 is 0 Å². The Balaban J connectivity index is 2.23. The fraction of sp³-hybridized carbons (Fsp3) is 0.800. The summed E-state index contributed by atoms with van der Waals surface area (Å²) in [5, 5.41) is 3.02. The van der Waals surface area contributed by atoms with E-state index >= 15 is 0 Å². The van der Waals surface area contributed by atoms with Crippen LogP contribution in [0.3, 0.4) is 0 Å². The van der Waals surface area contributed by atoms with Gasteiger partial charge in [-0.25, -0.2) is 10.2 Å². The molecule has 0 radical (unpaired) electrons. The number of amides is 2. The second kappa shape index (κ2) is 5.16. The van der Waals surface area contributed by atoms with Crippen molar-refractivity contribution in [3.05, 3.63) is 0 Å². The van der Waals surface area contributed by atoms with Gasteiger partial charge < -0.3 is 10.1 Å². The minimum Gasteiger partial charge on any atom is -0.443 e. The first-order chi connectivity index (χ1) is 7.38. The lowest BCUT2D eigenvalue weighted by Gasteiger charge is -2.20. The van der Waals surface area contributed by atoms with Crippen LogP contribution in [-0.4, -0.2) is 30.2 Å². The zero-order valence-corrected chi connectivity index (χ0v) is 9.92. The van der Waals surface area contributed by atoms with Crippen molar-refractivity contribution in [1.29, 1.82) is 0 Å². The summed E-state index contributed by atoms with van der Waals surface area (Å²) in [5.41, 5.74) is 3.97. The first-order valence-electron chi connectivity index (χ1n) is 5.41. The third-order valence-corrected chi connectivity index (χ3v) is 2.06. The summed E-state index contributed by atoms with van der Waals surface area (Å²) in [5.74, 6) is -0.233. The highest BCUT2D eigenvalue weighted by Gasteiger charge is 2.23. The molecule has 0 saturated carbocycles. The van der Waals surface area contributed by atoms with Gasteiger partial charge in [-0.3, -0.25) is 10.2 Å². The summed E-state index contributed by atoms with van der Waals surface area (Å²) >= 11 is 0. The highest BCUT2D eigenvalue weighted by atomic mass is 16.6. The zero-order valence-electron chi connectivity index (χ0n) is 9.92. The van der Waals surface area contributed by atoms with E-state index in [1.807, 2.05) is 0 Å². The van der Waals surface area contributed by atoms with Gasteiger partial charge >= 0.3 is 6.09 Å². The molecule has 1 heterocycles. The largest absolute Gasteiger partial charge is 0.443 e. The second-order valence-corrected chi connectivity index (χ2v) is 4.77. The predicted octanol–water partition coefficient (Wildman–Crippen LogP) is 0.294. The minimum absolute atomic E-state index is 0.213. The normalized spacial score (nSPS) is 20.3. The van der Waals surface area contributed by atoms with E-state index in [-0.39, 0.29) is 11.9 Å². The summed E-state index contributed by atoms with van der Waals surface area (Å²) in [6, 6.07) is -0.213. The molecule has 0 aromatic rings. The molecule has 1 atom stereocenters. The van der Waals surface area contributed by atoms with Crippen LogP contribution in [-0.2, 0) is 9.53 Å². The summed E-state index contributed by atoms with van der Waals surface area (Å²) in [6.07, 6.45) is 1.12. The van der Waals surface area contributed by atoms with E-state index in [2.05, 4.69) is 16.2 Å². The lowest BCUT2D eigenvalue weighted by Crippen LogP contribution is -2.50. The van der Waals surface area contributed by atoms with E-state index in [0.29, 0.717) is 0 Å². The maximum absolute atomic E-state index is 11.5. The fourth-order valence-corrected chi connectivity index (χ4v) is 1.41. The molecule has 3 N–H and O–H groups in total. The highest BCUT2D eigenvalue weighted by molar-refractivity contribution is 5.83. The second-order valence-electron chi connectivity index (χ2n) is 4.77. The number of hydrazine groups is 1. The zero-order chi connectivity index (χ0) is 12.2. The van der Waals surface area contributed by atoms with Crippen molar-refractivity contribution in [3.63, 3.8) is 0 Å². The van der Waals surface area contributed by atoms with E-state index < -0.39 is 11.7 Å². The molecule has 2 amide bonds. The van der Waals surface area contributed by atoms with Gasteiger partial charge in [-0.15, -0.1) is 0 Å². The molecule has 0 aromatic heterocycles. The summed E-state index contributed by atoms with van der Waals surface area (Å²) in [4.78, 5) is 22.7. The summed E-state index contributed by atoms with van der Waals surface area (Å²) in [7, 11) is 0. The maximum atomic E-state index is 11.5. The summed E-state index contributed by atoms with van der Waals surface area (Å²) < 4.78 is 4.97. The number of ether oxygens (including phenoxy) is 1. The molecule has 1 saturated heterocycles. The lowest BCUT2D eigenvalue weighted by molar-refractivity contribution is -0.123. The SMILES string of the molecule is CC(C)(C)OC(=O)NNC(=O)C1CCCN1. The van der Waals surface area contributed by atoms with Crippen LogP contribution in [0, 0.1) is 0 Å². The molecule has 1 aliphatic heterocycles. The van der Waals surface area contributed by atoms with Crippen LogP contribution in [0.1, 0.15) is 33.6 Å². The Morgan fingerprint density at radius 1 is 1.31 bits per heavy atom. The van der Waals surface area contributed by atoms with Crippen molar-refractivity contribution in [2.24, 2.45) is 0 Å². The number of nitrogens with one attached hydrogen (secondary N) is 3. The number of rotatable bonds is 1. The van der Waals surface area contributed by atoms with Gasteiger partial charge in [-0.1, -0.05) is 0 Å². The average Bonchev–Trinajstić information content (AvgIpc) is 2.64. The van der Waals surface area contributed by atoms with Gasteiger partial charge in [0, 0.05) is 0 Å². The van der Waals surface area contributed by atoms with Crippen molar-refractivity contribution in [2.75, 3.05) is 6.54 Å². The fourth-order valence-electron chi connectivity index (χ4n) is 1.41. The van der Waals surface area contributed by atoms with E-state index in [1.165, 1.54) is 0 Å². The lowest BCUT2D eigenvalue weighted by atomic mass is 10.2. The molecule has 6 nitrogen and oxygen atoms in total.